The summed E-state index contributed by atoms with van der Waals surface area (Å²) in [5.41, 5.74) is 0.0826. The van der Waals surface area contributed by atoms with E-state index in [9.17, 15) is 20.1 Å². The predicted octanol–water partition coefficient (Wildman–Crippen LogP) is 1.41. The number of hydrogen-bond acceptors (Lipinski definition) is 6. The molecule has 1 aliphatic heterocycles. The van der Waals surface area contributed by atoms with Gasteiger partial charge in [0, 0.05) is 17.5 Å². The molecule has 0 bridgehead atoms. The summed E-state index contributed by atoms with van der Waals surface area (Å²) in [7, 11) is 1.94. The van der Waals surface area contributed by atoms with Gasteiger partial charge in [-0.3, -0.25) is 0 Å². The van der Waals surface area contributed by atoms with Crippen LogP contribution in [0.3, 0.4) is 0 Å². The number of fused-ring (bicyclic) bond motifs is 1. The summed E-state index contributed by atoms with van der Waals surface area (Å²) in [6.07, 6.45) is 0.826. The Bertz CT molecular complexity index is 745. The highest BCUT2D eigenvalue weighted by molar-refractivity contribution is 5.87. The standard InChI is InChI=1S/C15H17NO5.ClH/c1-16-6-5-8(11(16)7-17)9-3-2-4-10-12(18)13(19)15(20)21-14(9)10;/h2-4,8,11,17-19H,5-7H2,1H3;1H. The highest BCUT2D eigenvalue weighted by Crippen LogP contribution is 2.39. The molecule has 0 spiro atoms. The molecule has 0 radical (unpaired) electrons. The minimum atomic E-state index is -0.959. The molecule has 2 atom stereocenters. The van der Waals surface area contributed by atoms with Crippen LogP contribution in [0.15, 0.2) is 27.4 Å². The van der Waals surface area contributed by atoms with E-state index in [0.29, 0.717) is 5.39 Å². The van der Waals surface area contributed by atoms with E-state index < -0.39 is 17.1 Å². The SMILES string of the molecule is CN1CCC(c2cccc3c(O)c(O)c(=O)oc23)C1CO.Cl. The van der Waals surface area contributed by atoms with Crippen LogP contribution < -0.4 is 5.63 Å². The molecule has 0 aliphatic carbocycles. The molecule has 0 saturated carbocycles. The average molecular weight is 328 g/mol. The molecule has 3 rings (SSSR count). The third-order valence-corrected chi connectivity index (χ3v) is 4.32. The van der Waals surface area contributed by atoms with E-state index in [-0.39, 0.29) is 36.6 Å². The first kappa shape index (κ1) is 16.6. The predicted molar refractivity (Wildman–Crippen MR) is 83.9 cm³/mol. The molecule has 2 unspecified atom stereocenters. The smallest absolute Gasteiger partial charge is 0.382 e. The second kappa shape index (κ2) is 6.16. The van der Waals surface area contributed by atoms with Crippen molar-refractivity contribution in [1.82, 2.24) is 4.90 Å². The van der Waals surface area contributed by atoms with Gasteiger partial charge in [-0.05, 0) is 26.1 Å². The molecule has 3 N–H and O–H groups in total. The summed E-state index contributed by atoms with van der Waals surface area (Å²) in [5, 5.41) is 29.3. The van der Waals surface area contributed by atoms with Crippen LogP contribution in [-0.4, -0.2) is 46.5 Å². The van der Waals surface area contributed by atoms with Crippen LogP contribution in [-0.2, 0) is 0 Å². The molecule has 120 valence electrons. The van der Waals surface area contributed by atoms with Gasteiger partial charge in [0.2, 0.25) is 5.75 Å². The highest BCUT2D eigenvalue weighted by Gasteiger charge is 2.34. The van der Waals surface area contributed by atoms with Crippen LogP contribution in [0, 0.1) is 0 Å². The number of aliphatic hydroxyl groups is 1. The molecule has 22 heavy (non-hydrogen) atoms. The molecule has 1 aromatic heterocycles. The Labute approximate surface area is 133 Å². The fraction of sp³-hybridized carbons (Fsp3) is 0.400. The number of nitrogens with zero attached hydrogens (tertiary/aromatic N) is 1. The molecule has 2 aromatic rings. The lowest BCUT2D eigenvalue weighted by Crippen LogP contribution is -2.31. The molecular weight excluding hydrogens is 310 g/mol. The molecule has 2 heterocycles. The number of rotatable bonds is 2. The maximum atomic E-state index is 11.6. The van der Waals surface area contributed by atoms with Gasteiger partial charge in [0.15, 0.2) is 5.75 Å². The summed E-state index contributed by atoms with van der Waals surface area (Å²) >= 11 is 0. The number of aliphatic hydroxyl groups excluding tert-OH is 1. The number of hydrogen-bond donors (Lipinski definition) is 3. The second-order valence-electron chi connectivity index (χ2n) is 5.44. The Hall–Kier alpha value is -1.76. The van der Waals surface area contributed by atoms with Crippen molar-refractivity contribution in [2.75, 3.05) is 20.2 Å². The summed E-state index contributed by atoms with van der Waals surface area (Å²) in [6, 6.07) is 5.10. The van der Waals surface area contributed by atoms with Crippen LogP contribution in [0.1, 0.15) is 17.9 Å². The zero-order chi connectivity index (χ0) is 15.1. The van der Waals surface area contributed by atoms with E-state index in [1.165, 1.54) is 0 Å². The van der Waals surface area contributed by atoms with Crippen molar-refractivity contribution in [1.29, 1.82) is 0 Å². The van der Waals surface area contributed by atoms with E-state index in [1.807, 2.05) is 13.1 Å². The number of likely N-dealkylation sites (N-methyl/N-ethyl adjacent to an activating group) is 1. The lowest BCUT2D eigenvalue weighted by molar-refractivity contribution is 0.172. The van der Waals surface area contributed by atoms with Crippen molar-refractivity contribution in [3.63, 3.8) is 0 Å². The monoisotopic (exact) mass is 327 g/mol. The Morgan fingerprint density at radius 1 is 1.32 bits per heavy atom. The second-order valence-corrected chi connectivity index (χ2v) is 5.44. The highest BCUT2D eigenvalue weighted by atomic mass is 35.5. The van der Waals surface area contributed by atoms with E-state index >= 15 is 0 Å². The molecule has 1 aromatic carbocycles. The number of para-hydroxylation sites is 1. The van der Waals surface area contributed by atoms with Gasteiger partial charge in [-0.1, -0.05) is 12.1 Å². The normalized spacial score (nSPS) is 21.9. The topological polar surface area (TPSA) is 94.1 Å². The first-order valence-electron chi connectivity index (χ1n) is 6.83. The van der Waals surface area contributed by atoms with Gasteiger partial charge in [0.1, 0.15) is 5.58 Å². The Morgan fingerprint density at radius 3 is 2.73 bits per heavy atom. The van der Waals surface area contributed by atoms with Gasteiger partial charge in [-0.15, -0.1) is 12.4 Å². The number of halogens is 1. The minimum Gasteiger partial charge on any atom is -0.504 e. The van der Waals surface area contributed by atoms with E-state index in [1.54, 1.807) is 12.1 Å². The summed E-state index contributed by atoms with van der Waals surface area (Å²) in [6.45, 7) is 0.840. The molecule has 6 nitrogen and oxygen atoms in total. The molecular formula is C15H18ClNO5. The molecule has 7 heteroatoms. The third kappa shape index (κ3) is 2.43. The lowest BCUT2D eigenvalue weighted by Gasteiger charge is -2.23. The van der Waals surface area contributed by atoms with Crippen LogP contribution in [0.4, 0.5) is 0 Å². The first-order chi connectivity index (χ1) is 10.0. The fourth-order valence-corrected chi connectivity index (χ4v) is 3.15. The van der Waals surface area contributed by atoms with Crippen molar-refractivity contribution in [3.8, 4) is 11.5 Å². The molecule has 1 fully saturated rings. The minimum absolute atomic E-state index is 0. The maximum Gasteiger partial charge on any atom is 0.382 e. The van der Waals surface area contributed by atoms with Gasteiger partial charge in [0.05, 0.1) is 12.0 Å². The number of benzene rings is 1. The largest absolute Gasteiger partial charge is 0.504 e. The third-order valence-electron chi connectivity index (χ3n) is 4.32. The Balaban J connectivity index is 0.00000176. The number of likely N-dealkylation sites (tertiary alicyclic amines) is 1. The van der Waals surface area contributed by atoms with Gasteiger partial charge >= 0.3 is 5.63 Å². The average Bonchev–Trinajstić information content (AvgIpc) is 2.85. The Kier molecular flexibility index (Phi) is 4.65. The van der Waals surface area contributed by atoms with Crippen molar-refractivity contribution in [3.05, 3.63) is 34.2 Å². The molecule has 0 amide bonds. The van der Waals surface area contributed by atoms with Crippen LogP contribution in [0.25, 0.3) is 11.0 Å². The van der Waals surface area contributed by atoms with Gasteiger partial charge < -0.3 is 24.6 Å². The molecule has 1 saturated heterocycles. The van der Waals surface area contributed by atoms with Crippen LogP contribution in [0.5, 0.6) is 11.5 Å². The fourth-order valence-electron chi connectivity index (χ4n) is 3.15. The van der Waals surface area contributed by atoms with Gasteiger partial charge in [-0.25, -0.2) is 4.79 Å². The van der Waals surface area contributed by atoms with E-state index in [2.05, 4.69) is 4.90 Å². The van der Waals surface area contributed by atoms with Crippen molar-refractivity contribution >= 4 is 23.4 Å². The molecule has 1 aliphatic rings. The van der Waals surface area contributed by atoms with Crippen molar-refractivity contribution in [2.24, 2.45) is 0 Å². The maximum absolute atomic E-state index is 11.6. The first-order valence-corrected chi connectivity index (χ1v) is 6.83. The van der Waals surface area contributed by atoms with Crippen LogP contribution >= 0.6 is 12.4 Å². The van der Waals surface area contributed by atoms with Gasteiger partial charge in [-0.2, -0.15) is 0 Å². The van der Waals surface area contributed by atoms with E-state index in [4.69, 9.17) is 4.42 Å². The summed E-state index contributed by atoms with van der Waals surface area (Å²) in [5.74, 6) is -1.23. The van der Waals surface area contributed by atoms with Crippen molar-refractivity contribution < 1.29 is 19.7 Å². The zero-order valence-corrected chi connectivity index (χ0v) is 12.8. The van der Waals surface area contributed by atoms with Gasteiger partial charge in [0.25, 0.3) is 0 Å². The lowest BCUT2D eigenvalue weighted by atomic mass is 9.90. The Morgan fingerprint density at radius 2 is 2.05 bits per heavy atom. The van der Waals surface area contributed by atoms with Crippen molar-refractivity contribution in [2.45, 2.75) is 18.4 Å². The quantitative estimate of drug-likeness (QED) is 0.722. The zero-order valence-electron chi connectivity index (χ0n) is 12.0. The summed E-state index contributed by atoms with van der Waals surface area (Å²) < 4.78 is 5.18. The number of aromatic hydroxyl groups is 2. The van der Waals surface area contributed by atoms with E-state index in [0.717, 1.165) is 18.5 Å². The summed E-state index contributed by atoms with van der Waals surface area (Å²) in [4.78, 5) is 13.7. The van der Waals surface area contributed by atoms with Crippen LogP contribution in [0.2, 0.25) is 0 Å².